The summed E-state index contributed by atoms with van der Waals surface area (Å²) in [6.07, 6.45) is 1.55. The number of fused-ring (bicyclic) bond motifs is 1. The standard InChI is InChI=1S/C19H24FN3O/c1-6-13-16(17(20)23(5)22-13)18(24)21-14-9-7-8-12-15(14)11(2)10-19(12,3)4/h7-9,11H,6,10H2,1-5H3,(H,21,24). The van der Waals surface area contributed by atoms with E-state index in [1.165, 1.54) is 12.6 Å². The number of nitrogens with zero attached hydrogens (tertiary/aromatic N) is 2. The Balaban J connectivity index is 1.99. The average molecular weight is 329 g/mol. The van der Waals surface area contributed by atoms with Crippen LogP contribution in [0.25, 0.3) is 0 Å². The summed E-state index contributed by atoms with van der Waals surface area (Å²) in [5.74, 6) is -0.663. The highest BCUT2D eigenvalue weighted by molar-refractivity contribution is 6.05. The Kier molecular flexibility index (Phi) is 3.98. The Morgan fingerprint density at radius 3 is 2.83 bits per heavy atom. The predicted octanol–water partition coefficient (Wildman–Crippen LogP) is 4.16. The van der Waals surface area contributed by atoms with Crippen molar-refractivity contribution in [2.24, 2.45) is 7.05 Å². The summed E-state index contributed by atoms with van der Waals surface area (Å²) in [5.41, 5.74) is 3.81. The molecular weight excluding hydrogens is 305 g/mol. The van der Waals surface area contributed by atoms with Crippen LogP contribution in [0.4, 0.5) is 10.1 Å². The van der Waals surface area contributed by atoms with Crippen LogP contribution in [0.15, 0.2) is 18.2 Å². The number of amides is 1. The highest BCUT2D eigenvalue weighted by Crippen LogP contribution is 2.48. The monoisotopic (exact) mass is 329 g/mol. The van der Waals surface area contributed by atoms with Crippen LogP contribution in [0.2, 0.25) is 0 Å². The number of carbonyl (C=O) groups is 1. The van der Waals surface area contributed by atoms with Gasteiger partial charge in [-0.1, -0.05) is 39.8 Å². The summed E-state index contributed by atoms with van der Waals surface area (Å²) in [5, 5.41) is 7.01. The summed E-state index contributed by atoms with van der Waals surface area (Å²) in [4.78, 5) is 12.7. The fraction of sp³-hybridized carbons (Fsp3) is 0.474. The first-order valence-corrected chi connectivity index (χ1v) is 8.42. The SMILES string of the molecule is CCc1nn(C)c(F)c1C(=O)Nc1cccc2c1C(C)CC2(C)C. The second kappa shape index (κ2) is 5.72. The van der Waals surface area contributed by atoms with Gasteiger partial charge in [0.05, 0.1) is 5.69 Å². The normalized spacial score (nSPS) is 18.5. The van der Waals surface area contributed by atoms with Crippen LogP contribution in [0.3, 0.4) is 0 Å². The van der Waals surface area contributed by atoms with Gasteiger partial charge in [-0.3, -0.25) is 4.79 Å². The van der Waals surface area contributed by atoms with E-state index in [4.69, 9.17) is 0 Å². The number of benzene rings is 1. The summed E-state index contributed by atoms with van der Waals surface area (Å²) >= 11 is 0. The van der Waals surface area contributed by atoms with Crippen LogP contribution in [-0.2, 0) is 18.9 Å². The van der Waals surface area contributed by atoms with E-state index >= 15 is 0 Å². The Labute approximate surface area is 142 Å². The third-order valence-electron chi connectivity index (χ3n) is 5.00. The van der Waals surface area contributed by atoms with E-state index < -0.39 is 11.9 Å². The van der Waals surface area contributed by atoms with E-state index in [1.54, 1.807) is 0 Å². The topological polar surface area (TPSA) is 46.9 Å². The number of nitrogens with one attached hydrogen (secondary N) is 1. The van der Waals surface area contributed by atoms with E-state index in [2.05, 4.69) is 37.3 Å². The van der Waals surface area contributed by atoms with Crippen molar-refractivity contribution in [1.82, 2.24) is 9.78 Å². The molecule has 0 aliphatic heterocycles. The Morgan fingerprint density at radius 1 is 1.46 bits per heavy atom. The average Bonchev–Trinajstić information content (AvgIpc) is 2.93. The van der Waals surface area contributed by atoms with Gasteiger partial charge in [0.2, 0.25) is 5.95 Å². The highest BCUT2D eigenvalue weighted by atomic mass is 19.1. The second-order valence-electron chi connectivity index (χ2n) is 7.30. The molecule has 0 radical (unpaired) electrons. The van der Waals surface area contributed by atoms with Gasteiger partial charge < -0.3 is 5.32 Å². The van der Waals surface area contributed by atoms with E-state index in [9.17, 15) is 9.18 Å². The molecule has 128 valence electrons. The molecule has 0 spiro atoms. The van der Waals surface area contributed by atoms with Gasteiger partial charge in [-0.05, 0) is 41.4 Å². The lowest BCUT2D eigenvalue weighted by Gasteiger charge is -2.19. The van der Waals surface area contributed by atoms with Crippen molar-refractivity contribution in [2.45, 2.75) is 51.9 Å². The van der Waals surface area contributed by atoms with Gasteiger partial charge in [0, 0.05) is 12.7 Å². The van der Waals surface area contributed by atoms with Crippen molar-refractivity contribution in [3.05, 3.63) is 46.5 Å². The minimum absolute atomic E-state index is 0.0440. The molecule has 3 rings (SSSR count). The lowest BCUT2D eigenvalue weighted by Crippen LogP contribution is -2.17. The Bertz CT molecular complexity index is 807. The van der Waals surface area contributed by atoms with Crippen LogP contribution < -0.4 is 5.32 Å². The lowest BCUT2D eigenvalue weighted by molar-refractivity contribution is 0.102. The molecule has 5 heteroatoms. The molecule has 0 saturated heterocycles. The molecule has 1 aliphatic carbocycles. The van der Waals surface area contributed by atoms with E-state index in [0.717, 1.165) is 22.4 Å². The van der Waals surface area contributed by atoms with Gasteiger partial charge in [-0.2, -0.15) is 9.49 Å². The van der Waals surface area contributed by atoms with Gasteiger partial charge in [0.25, 0.3) is 5.91 Å². The summed E-state index contributed by atoms with van der Waals surface area (Å²) < 4.78 is 15.4. The van der Waals surface area contributed by atoms with E-state index in [1.807, 2.05) is 19.1 Å². The minimum atomic E-state index is -0.592. The number of hydrogen-bond acceptors (Lipinski definition) is 2. The maximum absolute atomic E-state index is 14.3. The number of aromatic nitrogens is 2. The van der Waals surface area contributed by atoms with Gasteiger partial charge in [-0.15, -0.1) is 0 Å². The molecule has 1 aliphatic rings. The zero-order valence-corrected chi connectivity index (χ0v) is 14.9. The van der Waals surface area contributed by atoms with Gasteiger partial charge in [0.15, 0.2) is 0 Å². The highest BCUT2D eigenvalue weighted by Gasteiger charge is 2.36. The molecule has 1 aromatic carbocycles. The summed E-state index contributed by atoms with van der Waals surface area (Å²) in [7, 11) is 1.51. The molecule has 1 amide bonds. The quantitative estimate of drug-likeness (QED) is 0.919. The van der Waals surface area contributed by atoms with Gasteiger partial charge in [-0.25, -0.2) is 4.68 Å². The number of hydrogen-bond donors (Lipinski definition) is 1. The third kappa shape index (κ3) is 2.52. The molecule has 1 heterocycles. The third-order valence-corrected chi connectivity index (χ3v) is 5.00. The molecule has 1 unspecified atom stereocenters. The molecule has 4 nitrogen and oxygen atoms in total. The Morgan fingerprint density at radius 2 is 2.17 bits per heavy atom. The molecule has 0 bridgehead atoms. The molecule has 0 fully saturated rings. The Hall–Kier alpha value is -2.17. The maximum atomic E-state index is 14.3. The summed E-state index contributed by atoms with van der Waals surface area (Å²) in [6, 6.07) is 5.97. The van der Waals surface area contributed by atoms with Gasteiger partial charge in [0.1, 0.15) is 5.56 Å². The first-order chi connectivity index (χ1) is 11.3. The lowest BCUT2D eigenvalue weighted by atomic mass is 9.86. The fourth-order valence-electron chi connectivity index (χ4n) is 3.99. The molecule has 0 saturated carbocycles. The molecule has 1 atom stereocenters. The largest absolute Gasteiger partial charge is 0.322 e. The molecule has 24 heavy (non-hydrogen) atoms. The first kappa shape index (κ1) is 16.7. The predicted molar refractivity (Wildman–Crippen MR) is 93.0 cm³/mol. The van der Waals surface area contributed by atoms with Crippen molar-refractivity contribution in [2.75, 3.05) is 5.32 Å². The van der Waals surface area contributed by atoms with Crippen LogP contribution in [0, 0.1) is 5.95 Å². The van der Waals surface area contributed by atoms with Crippen LogP contribution in [0.1, 0.15) is 67.2 Å². The number of anilines is 1. The van der Waals surface area contributed by atoms with Gasteiger partial charge >= 0.3 is 0 Å². The molecule has 2 aromatic rings. The van der Waals surface area contributed by atoms with Crippen LogP contribution in [0.5, 0.6) is 0 Å². The number of carbonyl (C=O) groups excluding carboxylic acids is 1. The first-order valence-electron chi connectivity index (χ1n) is 8.42. The number of halogens is 1. The number of aryl methyl sites for hydroxylation is 2. The van der Waals surface area contributed by atoms with Crippen molar-refractivity contribution in [3.63, 3.8) is 0 Å². The second-order valence-corrected chi connectivity index (χ2v) is 7.30. The molecular formula is C19H24FN3O. The smallest absolute Gasteiger partial charge is 0.262 e. The zero-order valence-electron chi connectivity index (χ0n) is 14.9. The molecule has 1 aromatic heterocycles. The van der Waals surface area contributed by atoms with Crippen molar-refractivity contribution in [3.8, 4) is 0 Å². The minimum Gasteiger partial charge on any atom is -0.322 e. The van der Waals surface area contributed by atoms with Crippen molar-refractivity contribution < 1.29 is 9.18 Å². The van der Waals surface area contributed by atoms with Crippen molar-refractivity contribution in [1.29, 1.82) is 0 Å². The zero-order chi connectivity index (χ0) is 17.6. The summed E-state index contributed by atoms with van der Waals surface area (Å²) in [6.45, 7) is 8.47. The van der Waals surface area contributed by atoms with Crippen LogP contribution >= 0.6 is 0 Å². The number of rotatable bonds is 3. The van der Waals surface area contributed by atoms with Crippen LogP contribution in [-0.4, -0.2) is 15.7 Å². The van der Waals surface area contributed by atoms with Crippen molar-refractivity contribution >= 4 is 11.6 Å². The van der Waals surface area contributed by atoms with E-state index in [0.29, 0.717) is 18.0 Å². The fourth-order valence-corrected chi connectivity index (χ4v) is 3.99. The maximum Gasteiger partial charge on any atom is 0.262 e. The van der Waals surface area contributed by atoms with E-state index in [-0.39, 0.29) is 11.0 Å². The molecule has 1 N–H and O–H groups in total.